The minimum Gasteiger partial charge on any atom is -0.481 e. The molecule has 0 aromatic rings. The van der Waals surface area contributed by atoms with Crippen molar-refractivity contribution in [1.29, 1.82) is 0 Å². The van der Waals surface area contributed by atoms with Crippen LogP contribution in [0.25, 0.3) is 0 Å². The Labute approximate surface area is 98.2 Å². The minimum atomic E-state index is -0.687. The van der Waals surface area contributed by atoms with E-state index in [4.69, 9.17) is 5.11 Å². The van der Waals surface area contributed by atoms with E-state index in [1.54, 1.807) is 0 Å². The molecule has 0 aliphatic carbocycles. The third-order valence-corrected chi connectivity index (χ3v) is 2.77. The van der Waals surface area contributed by atoms with Gasteiger partial charge >= 0.3 is 5.97 Å². The van der Waals surface area contributed by atoms with Crippen LogP contribution in [0, 0.1) is 0 Å². The fourth-order valence-corrected chi connectivity index (χ4v) is 1.78. The van der Waals surface area contributed by atoms with Crippen molar-refractivity contribution in [1.82, 2.24) is 0 Å². The number of unbranched alkanes of at least 4 members (excludes halogenated alkanes) is 9. The highest BCUT2D eigenvalue weighted by Crippen LogP contribution is 2.11. The van der Waals surface area contributed by atoms with Gasteiger partial charge in [0, 0.05) is 6.42 Å². The lowest BCUT2D eigenvalue weighted by atomic mass is 10.1. The molecule has 2 nitrogen and oxygen atoms in total. The molecular formula is C13H25FO2. The maximum atomic E-state index is 11.8. The summed E-state index contributed by atoms with van der Waals surface area (Å²) < 4.78 is 11.8. The largest absolute Gasteiger partial charge is 0.481 e. The van der Waals surface area contributed by atoms with Gasteiger partial charge in [0.1, 0.15) is 0 Å². The lowest BCUT2D eigenvalue weighted by Crippen LogP contribution is -1.93. The highest BCUT2D eigenvalue weighted by Gasteiger charge is 1.96. The lowest BCUT2D eigenvalue weighted by molar-refractivity contribution is -0.137. The zero-order valence-corrected chi connectivity index (χ0v) is 10.2. The fraction of sp³-hybridized carbons (Fsp3) is 0.923. The maximum absolute atomic E-state index is 11.8. The first-order valence-corrected chi connectivity index (χ1v) is 6.55. The number of aliphatic carboxylic acids is 1. The Morgan fingerprint density at radius 3 is 1.50 bits per heavy atom. The van der Waals surface area contributed by atoms with Crippen molar-refractivity contribution in [2.45, 2.75) is 70.6 Å². The molecule has 0 atom stereocenters. The zero-order chi connectivity index (χ0) is 12.1. The molecule has 0 aromatic heterocycles. The molecule has 0 aliphatic rings. The van der Waals surface area contributed by atoms with E-state index >= 15 is 0 Å². The van der Waals surface area contributed by atoms with Crippen LogP contribution < -0.4 is 0 Å². The van der Waals surface area contributed by atoms with Gasteiger partial charge in [0.15, 0.2) is 0 Å². The number of hydrogen-bond donors (Lipinski definition) is 1. The summed E-state index contributed by atoms with van der Waals surface area (Å²) in [5.41, 5.74) is 0. The minimum absolute atomic E-state index is 0.177. The van der Waals surface area contributed by atoms with Gasteiger partial charge in [0.25, 0.3) is 0 Å². The first kappa shape index (κ1) is 15.4. The topological polar surface area (TPSA) is 37.3 Å². The Kier molecular flexibility index (Phi) is 12.0. The van der Waals surface area contributed by atoms with E-state index in [0.717, 1.165) is 38.5 Å². The van der Waals surface area contributed by atoms with E-state index in [0.29, 0.717) is 6.42 Å². The molecule has 0 amide bonds. The van der Waals surface area contributed by atoms with Gasteiger partial charge in [0.2, 0.25) is 0 Å². The van der Waals surface area contributed by atoms with Crippen molar-refractivity contribution in [2.75, 3.05) is 6.67 Å². The molecule has 0 aromatic carbocycles. The van der Waals surface area contributed by atoms with Gasteiger partial charge in [-0.3, -0.25) is 9.18 Å². The summed E-state index contributed by atoms with van der Waals surface area (Å²) in [7, 11) is 0. The van der Waals surface area contributed by atoms with Gasteiger partial charge in [-0.05, 0) is 12.8 Å². The summed E-state index contributed by atoms with van der Waals surface area (Å²) in [6, 6.07) is 0. The average Bonchev–Trinajstić information content (AvgIpc) is 2.25. The van der Waals surface area contributed by atoms with E-state index < -0.39 is 5.97 Å². The molecule has 1 N–H and O–H groups in total. The lowest BCUT2D eigenvalue weighted by Gasteiger charge is -2.01. The second kappa shape index (κ2) is 12.5. The Morgan fingerprint density at radius 2 is 1.12 bits per heavy atom. The molecule has 0 bridgehead atoms. The second-order valence-electron chi connectivity index (χ2n) is 4.37. The second-order valence-corrected chi connectivity index (χ2v) is 4.37. The summed E-state index contributed by atoms with van der Waals surface area (Å²) in [6.45, 7) is -0.177. The molecule has 16 heavy (non-hydrogen) atoms. The third-order valence-electron chi connectivity index (χ3n) is 2.77. The molecule has 0 rings (SSSR count). The van der Waals surface area contributed by atoms with Crippen LogP contribution >= 0.6 is 0 Å². The number of halogens is 1. The van der Waals surface area contributed by atoms with Gasteiger partial charge in [-0.15, -0.1) is 0 Å². The molecule has 0 aliphatic heterocycles. The summed E-state index contributed by atoms with van der Waals surface area (Å²) in [5, 5.41) is 8.43. The van der Waals surface area contributed by atoms with Crippen LogP contribution in [0.2, 0.25) is 0 Å². The van der Waals surface area contributed by atoms with Crippen molar-refractivity contribution in [3.63, 3.8) is 0 Å². The van der Waals surface area contributed by atoms with E-state index in [1.165, 1.54) is 25.7 Å². The predicted octanol–water partition coefficient (Wildman–Crippen LogP) is 4.33. The first-order valence-electron chi connectivity index (χ1n) is 6.55. The van der Waals surface area contributed by atoms with Crippen molar-refractivity contribution in [3.05, 3.63) is 0 Å². The molecule has 0 saturated carbocycles. The predicted molar refractivity (Wildman–Crippen MR) is 64.4 cm³/mol. The first-order chi connectivity index (χ1) is 7.77. The highest BCUT2D eigenvalue weighted by molar-refractivity contribution is 5.66. The summed E-state index contributed by atoms with van der Waals surface area (Å²) in [6.07, 6.45) is 11.1. The molecule has 0 heterocycles. The Balaban J connectivity index is 2.90. The van der Waals surface area contributed by atoms with Crippen LogP contribution in [0.5, 0.6) is 0 Å². The molecule has 0 unspecified atom stereocenters. The van der Waals surface area contributed by atoms with Crippen LogP contribution in [0.3, 0.4) is 0 Å². The van der Waals surface area contributed by atoms with Crippen LogP contribution in [0.1, 0.15) is 70.6 Å². The molecular weight excluding hydrogens is 207 g/mol. The Hall–Kier alpha value is -0.600. The number of hydrogen-bond acceptors (Lipinski definition) is 1. The van der Waals surface area contributed by atoms with Crippen LogP contribution in [0.15, 0.2) is 0 Å². The maximum Gasteiger partial charge on any atom is 0.303 e. The molecule has 0 radical (unpaired) electrons. The normalized spacial score (nSPS) is 10.6. The summed E-state index contributed by atoms with van der Waals surface area (Å²) in [4.78, 5) is 10.2. The SMILES string of the molecule is O=C(O)CCCCCCCCCCCCF. The number of carboxylic acid groups (broad SMARTS) is 1. The summed E-state index contributed by atoms with van der Waals surface area (Å²) >= 11 is 0. The quantitative estimate of drug-likeness (QED) is 0.508. The van der Waals surface area contributed by atoms with Gasteiger partial charge in [0.05, 0.1) is 6.67 Å². The number of carbonyl (C=O) groups is 1. The van der Waals surface area contributed by atoms with Crippen molar-refractivity contribution >= 4 is 5.97 Å². The molecule has 0 saturated heterocycles. The molecule has 3 heteroatoms. The monoisotopic (exact) mass is 232 g/mol. The standard InChI is InChI=1S/C13H25FO2/c14-12-10-8-6-4-2-1-3-5-7-9-11-13(15)16/h1-12H2,(H,15,16). The van der Waals surface area contributed by atoms with Crippen molar-refractivity contribution in [2.24, 2.45) is 0 Å². The molecule has 0 spiro atoms. The fourth-order valence-electron chi connectivity index (χ4n) is 1.78. The van der Waals surface area contributed by atoms with Crippen molar-refractivity contribution < 1.29 is 14.3 Å². The van der Waals surface area contributed by atoms with E-state index in [1.807, 2.05) is 0 Å². The number of alkyl halides is 1. The van der Waals surface area contributed by atoms with E-state index in [2.05, 4.69) is 0 Å². The van der Waals surface area contributed by atoms with Gasteiger partial charge < -0.3 is 5.11 Å². The highest BCUT2D eigenvalue weighted by atomic mass is 19.1. The van der Waals surface area contributed by atoms with Crippen LogP contribution in [-0.4, -0.2) is 17.8 Å². The van der Waals surface area contributed by atoms with Crippen LogP contribution in [0.4, 0.5) is 4.39 Å². The smallest absolute Gasteiger partial charge is 0.303 e. The summed E-state index contributed by atoms with van der Waals surface area (Å²) in [5.74, 6) is -0.687. The molecule has 0 fully saturated rings. The zero-order valence-electron chi connectivity index (χ0n) is 10.2. The number of carboxylic acids is 1. The Bertz CT molecular complexity index is 160. The number of rotatable bonds is 12. The molecule has 96 valence electrons. The van der Waals surface area contributed by atoms with Gasteiger partial charge in [-0.25, -0.2) is 0 Å². The average molecular weight is 232 g/mol. The Morgan fingerprint density at radius 1 is 0.750 bits per heavy atom. The van der Waals surface area contributed by atoms with Crippen LogP contribution in [-0.2, 0) is 4.79 Å². The van der Waals surface area contributed by atoms with Gasteiger partial charge in [-0.1, -0.05) is 51.4 Å². The third kappa shape index (κ3) is 13.4. The van der Waals surface area contributed by atoms with Gasteiger partial charge in [-0.2, -0.15) is 0 Å². The van der Waals surface area contributed by atoms with E-state index in [9.17, 15) is 9.18 Å². The van der Waals surface area contributed by atoms with Crippen molar-refractivity contribution in [3.8, 4) is 0 Å². The van der Waals surface area contributed by atoms with E-state index in [-0.39, 0.29) is 6.67 Å².